The maximum atomic E-state index is 13.3. The highest BCUT2D eigenvalue weighted by Crippen LogP contribution is 2.44. The fourth-order valence-electron chi connectivity index (χ4n) is 4.66. The molecule has 2 fully saturated rings. The van der Waals surface area contributed by atoms with Gasteiger partial charge >= 0.3 is 6.09 Å². The third-order valence-corrected chi connectivity index (χ3v) is 6.63. The van der Waals surface area contributed by atoms with Gasteiger partial charge in [0, 0.05) is 44.7 Å². The van der Waals surface area contributed by atoms with Crippen LogP contribution in [0.15, 0.2) is 36.9 Å². The Morgan fingerprint density at radius 1 is 1.23 bits per heavy atom. The molecule has 2 amide bonds. The Morgan fingerprint density at radius 2 is 1.89 bits per heavy atom. The van der Waals surface area contributed by atoms with E-state index in [2.05, 4.69) is 21.7 Å². The van der Waals surface area contributed by atoms with Crippen molar-refractivity contribution in [2.45, 2.75) is 63.6 Å². The van der Waals surface area contributed by atoms with Gasteiger partial charge in [0.1, 0.15) is 17.5 Å². The van der Waals surface area contributed by atoms with E-state index >= 15 is 0 Å². The second-order valence-electron chi connectivity index (χ2n) is 10.7. The summed E-state index contributed by atoms with van der Waals surface area (Å²) in [5.74, 6) is 0.121. The van der Waals surface area contributed by atoms with E-state index in [-0.39, 0.29) is 11.7 Å². The van der Waals surface area contributed by atoms with Crippen molar-refractivity contribution in [3.63, 3.8) is 0 Å². The molecule has 3 atom stereocenters. The van der Waals surface area contributed by atoms with Crippen molar-refractivity contribution in [2.24, 2.45) is 0 Å². The van der Waals surface area contributed by atoms with Crippen LogP contribution in [-0.2, 0) is 9.53 Å². The number of likely N-dealkylation sites (N-methyl/N-ethyl adjacent to an activating group) is 1. The molecule has 194 valence electrons. The lowest BCUT2D eigenvalue weighted by Crippen LogP contribution is -2.54. The molecule has 7 nitrogen and oxygen atoms in total. The van der Waals surface area contributed by atoms with Gasteiger partial charge in [-0.25, -0.2) is 9.18 Å². The first kappa shape index (κ1) is 27.1. The molecular formula is C27H41FN4O3. The summed E-state index contributed by atoms with van der Waals surface area (Å²) in [7, 11) is 2.05. The molecule has 1 saturated carbocycles. The molecule has 0 radical (unpaired) electrons. The van der Waals surface area contributed by atoms with E-state index in [0.717, 1.165) is 44.6 Å². The van der Waals surface area contributed by atoms with Crippen LogP contribution in [0.2, 0.25) is 0 Å². The van der Waals surface area contributed by atoms with E-state index in [1.165, 1.54) is 12.1 Å². The normalized spacial score (nSPS) is 21.5. The molecule has 35 heavy (non-hydrogen) atoms. The average Bonchev–Trinajstić information content (AvgIpc) is 3.58. The Morgan fingerprint density at radius 3 is 2.49 bits per heavy atom. The molecule has 0 aromatic heterocycles. The highest BCUT2D eigenvalue weighted by atomic mass is 19.1. The number of rotatable bonds is 10. The minimum atomic E-state index is -0.631. The van der Waals surface area contributed by atoms with Crippen LogP contribution in [-0.4, -0.2) is 90.7 Å². The van der Waals surface area contributed by atoms with Gasteiger partial charge in [-0.2, -0.15) is 0 Å². The van der Waals surface area contributed by atoms with Gasteiger partial charge in [-0.15, -0.1) is 6.58 Å². The summed E-state index contributed by atoms with van der Waals surface area (Å²) in [5.41, 5.74) is 0.522. The van der Waals surface area contributed by atoms with Crippen LogP contribution in [0.5, 0.6) is 0 Å². The number of carbonyl (C=O) groups excluding carboxylic acids is 2. The molecule has 3 rings (SSSR count). The second kappa shape index (κ2) is 12.0. The summed E-state index contributed by atoms with van der Waals surface area (Å²) in [6.07, 6.45) is 3.64. The van der Waals surface area contributed by atoms with Crippen LogP contribution >= 0.6 is 0 Å². The SMILES string of the molecule is C=CCN(CCC[C@H](NC(=O)OC(C)(C)C)C(=O)N1CCN(C)CC1)C1CC1c1ccc(F)cc1. The number of benzene rings is 1. The number of ether oxygens (including phenoxy) is 1. The van der Waals surface area contributed by atoms with Crippen LogP contribution in [0.4, 0.5) is 9.18 Å². The summed E-state index contributed by atoms with van der Waals surface area (Å²) in [6.45, 7) is 13.8. The summed E-state index contributed by atoms with van der Waals surface area (Å²) in [6, 6.07) is 6.51. The minimum Gasteiger partial charge on any atom is -0.444 e. The smallest absolute Gasteiger partial charge is 0.408 e. The highest BCUT2D eigenvalue weighted by molar-refractivity contribution is 5.85. The minimum absolute atomic E-state index is 0.0464. The van der Waals surface area contributed by atoms with Gasteiger partial charge in [0.25, 0.3) is 0 Å². The third-order valence-electron chi connectivity index (χ3n) is 6.63. The van der Waals surface area contributed by atoms with Crippen molar-refractivity contribution in [2.75, 3.05) is 46.3 Å². The molecule has 1 aromatic rings. The van der Waals surface area contributed by atoms with Gasteiger partial charge < -0.3 is 19.9 Å². The summed E-state index contributed by atoms with van der Waals surface area (Å²) in [4.78, 5) is 32.2. The summed E-state index contributed by atoms with van der Waals surface area (Å²) >= 11 is 0. The number of hydrogen-bond acceptors (Lipinski definition) is 5. The van der Waals surface area contributed by atoms with Crippen molar-refractivity contribution in [1.82, 2.24) is 20.0 Å². The van der Waals surface area contributed by atoms with Crippen LogP contribution < -0.4 is 5.32 Å². The fraction of sp³-hybridized carbons (Fsp3) is 0.630. The molecule has 1 N–H and O–H groups in total. The number of piperazine rings is 1. The van der Waals surface area contributed by atoms with Crippen molar-refractivity contribution >= 4 is 12.0 Å². The lowest BCUT2D eigenvalue weighted by Gasteiger charge is -2.35. The first-order valence-corrected chi connectivity index (χ1v) is 12.6. The number of halogens is 1. The van der Waals surface area contributed by atoms with Crippen molar-refractivity contribution in [1.29, 1.82) is 0 Å². The molecule has 1 saturated heterocycles. The molecule has 0 spiro atoms. The molecule has 1 heterocycles. The van der Waals surface area contributed by atoms with Gasteiger partial charge in [-0.3, -0.25) is 9.69 Å². The predicted molar refractivity (Wildman–Crippen MR) is 136 cm³/mol. The zero-order valence-corrected chi connectivity index (χ0v) is 21.6. The number of hydrogen-bond donors (Lipinski definition) is 1. The van der Waals surface area contributed by atoms with Gasteiger partial charge in [0.2, 0.25) is 5.91 Å². The summed E-state index contributed by atoms with van der Waals surface area (Å²) in [5, 5.41) is 2.83. The Balaban J connectivity index is 1.59. The summed E-state index contributed by atoms with van der Waals surface area (Å²) < 4.78 is 18.7. The van der Waals surface area contributed by atoms with Gasteiger partial charge in [-0.1, -0.05) is 18.2 Å². The molecule has 1 aliphatic carbocycles. The molecule has 8 heteroatoms. The second-order valence-corrected chi connectivity index (χ2v) is 10.7. The highest BCUT2D eigenvalue weighted by Gasteiger charge is 2.42. The fourth-order valence-corrected chi connectivity index (χ4v) is 4.66. The monoisotopic (exact) mass is 488 g/mol. The first-order chi connectivity index (χ1) is 16.6. The van der Waals surface area contributed by atoms with Crippen LogP contribution in [0.3, 0.4) is 0 Å². The van der Waals surface area contributed by atoms with Crippen molar-refractivity contribution in [3.8, 4) is 0 Å². The Hall–Kier alpha value is -2.45. The molecular weight excluding hydrogens is 447 g/mol. The maximum absolute atomic E-state index is 13.3. The van der Waals surface area contributed by atoms with Gasteiger partial charge in [-0.05, 0) is 71.3 Å². The number of nitrogens with zero attached hydrogens (tertiary/aromatic N) is 3. The number of nitrogens with one attached hydrogen (secondary N) is 1. The molecule has 0 bridgehead atoms. The van der Waals surface area contributed by atoms with E-state index in [9.17, 15) is 14.0 Å². The van der Waals surface area contributed by atoms with Gasteiger partial charge in [0.15, 0.2) is 0 Å². The van der Waals surface area contributed by atoms with E-state index in [1.54, 1.807) is 0 Å². The number of alkyl carbamates (subject to hydrolysis) is 1. The standard InChI is InChI=1S/C27H41FN4O3/c1-6-13-31(24-19-22(24)20-9-11-21(28)12-10-20)14-7-8-23(29-26(34)35-27(2,3)4)25(33)32-17-15-30(5)16-18-32/h6,9-12,22-24H,1,7-8,13-19H2,2-5H3,(H,29,34)/t22?,23-,24?/m0/s1. The van der Waals surface area contributed by atoms with E-state index in [0.29, 0.717) is 31.5 Å². The Kier molecular flexibility index (Phi) is 9.30. The lowest BCUT2D eigenvalue weighted by atomic mass is 10.1. The van der Waals surface area contributed by atoms with Crippen LogP contribution in [0, 0.1) is 5.82 Å². The Labute approximate surface area is 209 Å². The third kappa shape index (κ3) is 8.32. The topological polar surface area (TPSA) is 65.1 Å². The molecule has 1 aliphatic heterocycles. The zero-order chi connectivity index (χ0) is 25.6. The van der Waals surface area contributed by atoms with E-state index < -0.39 is 17.7 Å². The van der Waals surface area contributed by atoms with Crippen LogP contribution in [0.1, 0.15) is 51.5 Å². The largest absolute Gasteiger partial charge is 0.444 e. The van der Waals surface area contributed by atoms with E-state index in [4.69, 9.17) is 4.74 Å². The Bertz CT molecular complexity index is 862. The van der Waals surface area contributed by atoms with Crippen molar-refractivity contribution < 1.29 is 18.7 Å². The van der Waals surface area contributed by atoms with Crippen LogP contribution in [0.25, 0.3) is 0 Å². The predicted octanol–water partition coefficient (Wildman–Crippen LogP) is 3.62. The lowest BCUT2D eigenvalue weighted by molar-refractivity contribution is -0.135. The van der Waals surface area contributed by atoms with Gasteiger partial charge in [0.05, 0.1) is 0 Å². The zero-order valence-electron chi connectivity index (χ0n) is 21.6. The number of carbonyl (C=O) groups is 2. The average molecular weight is 489 g/mol. The molecule has 1 aromatic carbocycles. The van der Waals surface area contributed by atoms with Crippen molar-refractivity contribution in [3.05, 3.63) is 48.3 Å². The molecule has 2 aliphatic rings. The quantitative estimate of drug-likeness (QED) is 0.510. The molecule has 2 unspecified atom stereocenters. The number of amides is 2. The van der Waals surface area contributed by atoms with E-state index in [1.807, 2.05) is 50.9 Å². The first-order valence-electron chi connectivity index (χ1n) is 12.6. The maximum Gasteiger partial charge on any atom is 0.408 e.